The third kappa shape index (κ3) is 6.47. The van der Waals surface area contributed by atoms with E-state index in [1.807, 2.05) is 19.9 Å². The van der Waals surface area contributed by atoms with E-state index in [0.717, 1.165) is 16.7 Å². The first kappa shape index (κ1) is 21.6. The van der Waals surface area contributed by atoms with Crippen LogP contribution in [0.4, 0.5) is 0 Å². The van der Waals surface area contributed by atoms with Crippen molar-refractivity contribution in [1.29, 1.82) is 0 Å². The van der Waals surface area contributed by atoms with Crippen molar-refractivity contribution in [2.24, 2.45) is 0 Å². The lowest BCUT2D eigenvalue weighted by Crippen LogP contribution is -2.36. The maximum atomic E-state index is 12.1. The molecule has 7 nitrogen and oxygen atoms in total. The van der Waals surface area contributed by atoms with Crippen molar-refractivity contribution < 1.29 is 18.0 Å². The highest BCUT2D eigenvalue weighted by Crippen LogP contribution is 2.10. The second kappa shape index (κ2) is 9.48. The summed E-state index contributed by atoms with van der Waals surface area (Å²) in [6, 6.07) is 12.3. The molecule has 3 N–H and O–H groups in total. The summed E-state index contributed by atoms with van der Waals surface area (Å²) in [5, 5.41) is 5.32. The van der Waals surface area contributed by atoms with E-state index in [4.69, 9.17) is 0 Å². The van der Waals surface area contributed by atoms with E-state index in [1.165, 1.54) is 7.05 Å². The van der Waals surface area contributed by atoms with Crippen LogP contribution >= 0.6 is 0 Å². The monoisotopic (exact) mass is 403 g/mol. The molecule has 150 valence electrons. The van der Waals surface area contributed by atoms with Crippen molar-refractivity contribution in [3.05, 3.63) is 70.3 Å². The smallest absolute Gasteiger partial charge is 0.251 e. The first-order chi connectivity index (χ1) is 13.2. The zero-order valence-electron chi connectivity index (χ0n) is 16.2. The molecule has 2 rings (SSSR count). The second-order valence-electron chi connectivity index (χ2n) is 6.54. The summed E-state index contributed by atoms with van der Waals surface area (Å²) < 4.78 is 25.3. The molecule has 0 bridgehead atoms. The molecule has 0 aliphatic heterocycles. The molecule has 0 heterocycles. The quantitative estimate of drug-likeness (QED) is 0.620. The topological polar surface area (TPSA) is 104 Å². The molecule has 0 fully saturated rings. The number of sulfonamides is 1. The Morgan fingerprint density at radius 3 is 2.14 bits per heavy atom. The van der Waals surface area contributed by atoms with Crippen molar-refractivity contribution in [1.82, 2.24) is 15.4 Å². The van der Waals surface area contributed by atoms with Crippen molar-refractivity contribution in [2.75, 3.05) is 13.6 Å². The molecule has 2 aromatic rings. The molecule has 2 aromatic carbocycles. The Morgan fingerprint density at radius 1 is 0.893 bits per heavy atom. The van der Waals surface area contributed by atoms with Crippen LogP contribution in [0.3, 0.4) is 0 Å². The minimum absolute atomic E-state index is 0.0966. The maximum absolute atomic E-state index is 12.1. The van der Waals surface area contributed by atoms with Gasteiger partial charge in [-0.2, -0.15) is 0 Å². The number of benzene rings is 2. The van der Waals surface area contributed by atoms with Gasteiger partial charge < -0.3 is 10.6 Å². The summed E-state index contributed by atoms with van der Waals surface area (Å²) in [5.74, 6) is -0.701. The molecule has 8 heteroatoms. The summed E-state index contributed by atoms with van der Waals surface area (Å²) in [6.07, 6.45) is 0. The number of aryl methyl sites for hydroxylation is 2. The number of nitrogens with one attached hydrogen (secondary N) is 3. The van der Waals surface area contributed by atoms with Crippen LogP contribution in [0.15, 0.2) is 42.5 Å². The molecular formula is C20H25N3O4S. The minimum Gasteiger partial charge on any atom is -0.350 e. The van der Waals surface area contributed by atoms with Crippen LogP contribution < -0.4 is 15.4 Å². The lowest BCUT2D eigenvalue weighted by Gasteiger charge is -2.09. The molecule has 0 saturated carbocycles. The average Bonchev–Trinajstić information content (AvgIpc) is 2.67. The van der Waals surface area contributed by atoms with Crippen molar-refractivity contribution in [3.8, 4) is 0 Å². The van der Waals surface area contributed by atoms with E-state index in [1.54, 1.807) is 36.4 Å². The van der Waals surface area contributed by atoms with Crippen LogP contribution in [0, 0.1) is 13.8 Å². The third-order valence-electron chi connectivity index (χ3n) is 4.36. The van der Waals surface area contributed by atoms with Gasteiger partial charge in [0.1, 0.15) is 0 Å². The Balaban J connectivity index is 1.80. The fourth-order valence-corrected chi connectivity index (χ4v) is 3.23. The fraction of sp³-hybridized carbons (Fsp3) is 0.300. The number of rotatable bonds is 8. The number of carbonyl (C=O) groups is 2. The zero-order chi connectivity index (χ0) is 20.7. The highest BCUT2D eigenvalue weighted by atomic mass is 32.2. The van der Waals surface area contributed by atoms with Gasteiger partial charge in [0.05, 0.1) is 12.3 Å². The largest absolute Gasteiger partial charge is 0.350 e. The van der Waals surface area contributed by atoms with Crippen molar-refractivity contribution >= 4 is 21.8 Å². The molecule has 0 unspecified atom stereocenters. The van der Waals surface area contributed by atoms with E-state index in [9.17, 15) is 18.0 Å². The first-order valence-electron chi connectivity index (χ1n) is 8.81. The highest BCUT2D eigenvalue weighted by molar-refractivity contribution is 7.88. The van der Waals surface area contributed by atoms with Crippen LogP contribution in [0.1, 0.15) is 32.6 Å². The maximum Gasteiger partial charge on any atom is 0.251 e. The highest BCUT2D eigenvalue weighted by Gasteiger charge is 2.10. The fourth-order valence-electron chi connectivity index (χ4n) is 2.45. The summed E-state index contributed by atoms with van der Waals surface area (Å²) in [5.41, 5.74) is 4.12. The zero-order valence-corrected chi connectivity index (χ0v) is 17.0. The molecule has 0 aromatic heterocycles. The van der Waals surface area contributed by atoms with Crippen molar-refractivity contribution in [3.63, 3.8) is 0 Å². The number of carbonyl (C=O) groups excluding carboxylic acids is 2. The Bertz CT molecular complexity index is 954. The van der Waals surface area contributed by atoms with Gasteiger partial charge in [0.15, 0.2) is 0 Å². The molecular weight excluding hydrogens is 378 g/mol. The van der Waals surface area contributed by atoms with Gasteiger partial charge in [-0.25, -0.2) is 13.1 Å². The van der Waals surface area contributed by atoms with Gasteiger partial charge in [0.25, 0.3) is 5.91 Å². The van der Waals surface area contributed by atoms with Gasteiger partial charge in [-0.1, -0.05) is 30.3 Å². The third-order valence-corrected chi connectivity index (χ3v) is 5.69. The van der Waals surface area contributed by atoms with Gasteiger partial charge >= 0.3 is 0 Å². The van der Waals surface area contributed by atoms with Crippen LogP contribution in [0.25, 0.3) is 0 Å². The average molecular weight is 404 g/mol. The Labute approximate surface area is 165 Å². The molecule has 2 amide bonds. The summed E-state index contributed by atoms with van der Waals surface area (Å²) in [4.78, 5) is 24.1. The van der Waals surface area contributed by atoms with E-state index >= 15 is 0 Å². The molecule has 0 atom stereocenters. The summed E-state index contributed by atoms with van der Waals surface area (Å²) >= 11 is 0. The van der Waals surface area contributed by atoms with Crippen LogP contribution in [0.5, 0.6) is 0 Å². The van der Waals surface area contributed by atoms with E-state index < -0.39 is 10.0 Å². The first-order valence-corrected chi connectivity index (χ1v) is 10.5. The van der Waals surface area contributed by atoms with Crippen LogP contribution in [0.2, 0.25) is 0 Å². The van der Waals surface area contributed by atoms with E-state index in [-0.39, 0.29) is 30.7 Å². The normalized spacial score (nSPS) is 11.1. The van der Waals surface area contributed by atoms with Gasteiger partial charge in [-0.15, -0.1) is 0 Å². The summed E-state index contributed by atoms with van der Waals surface area (Å²) in [6.45, 7) is 4.07. The van der Waals surface area contributed by atoms with Gasteiger partial charge in [-0.3, -0.25) is 9.59 Å². The van der Waals surface area contributed by atoms with Crippen LogP contribution in [-0.2, 0) is 27.1 Å². The molecule has 0 aliphatic carbocycles. The molecule has 0 aliphatic rings. The van der Waals surface area contributed by atoms with Gasteiger partial charge in [0, 0.05) is 12.1 Å². The van der Waals surface area contributed by atoms with Crippen molar-refractivity contribution in [2.45, 2.75) is 26.1 Å². The predicted molar refractivity (Wildman–Crippen MR) is 108 cm³/mol. The Kier molecular flexibility index (Phi) is 7.31. The second-order valence-corrected chi connectivity index (χ2v) is 8.46. The molecule has 0 spiro atoms. The molecule has 0 radical (unpaired) electrons. The lowest BCUT2D eigenvalue weighted by atomic mass is 10.1. The number of hydrogen-bond donors (Lipinski definition) is 3. The molecule has 28 heavy (non-hydrogen) atoms. The number of amides is 2. The Hall–Kier alpha value is -2.71. The SMILES string of the molecule is CNS(=O)(=O)Cc1ccc(CNC(=O)CNC(=O)c2ccc(C)c(C)c2)cc1. The standard InChI is InChI=1S/C20H25N3O4S/c1-14-4-9-18(10-15(14)2)20(25)23-12-19(24)22-11-16-5-7-17(8-6-16)13-28(26,27)21-3/h4-10,21H,11-13H2,1-3H3,(H,22,24)(H,23,25). The summed E-state index contributed by atoms with van der Waals surface area (Å²) in [7, 11) is -1.94. The Morgan fingerprint density at radius 2 is 1.54 bits per heavy atom. The van der Waals surface area contributed by atoms with Crippen LogP contribution in [-0.4, -0.2) is 33.8 Å². The van der Waals surface area contributed by atoms with Gasteiger partial charge in [-0.05, 0) is 55.3 Å². The van der Waals surface area contributed by atoms with Gasteiger partial charge in [0.2, 0.25) is 15.9 Å². The minimum atomic E-state index is -3.31. The lowest BCUT2D eigenvalue weighted by molar-refractivity contribution is -0.120. The number of hydrogen-bond acceptors (Lipinski definition) is 4. The predicted octanol–water partition coefficient (Wildman–Crippen LogP) is 1.40. The van der Waals surface area contributed by atoms with E-state index in [2.05, 4.69) is 15.4 Å². The molecule has 0 saturated heterocycles. The van der Waals surface area contributed by atoms with E-state index in [0.29, 0.717) is 11.1 Å².